The molecule has 0 spiro atoms. The van der Waals surface area contributed by atoms with E-state index in [0.717, 1.165) is 5.56 Å². The zero-order valence-corrected chi connectivity index (χ0v) is 41.0. The predicted octanol–water partition coefficient (Wildman–Crippen LogP) is 0.797. The van der Waals surface area contributed by atoms with Crippen molar-refractivity contribution in [2.24, 2.45) is 5.92 Å². The Hall–Kier alpha value is -5.71. The van der Waals surface area contributed by atoms with Crippen LogP contribution in [0, 0.1) is 5.92 Å². The number of benzene rings is 2. The Morgan fingerprint density at radius 2 is 1.01 bits per heavy atom. The van der Waals surface area contributed by atoms with E-state index in [2.05, 4.69) is 37.2 Å². The van der Waals surface area contributed by atoms with Gasteiger partial charge in [-0.2, -0.15) is 0 Å². The van der Waals surface area contributed by atoms with Crippen LogP contribution in [0.1, 0.15) is 57.6 Å². The summed E-state index contributed by atoms with van der Waals surface area (Å²) in [5, 5.41) is 19.4. The van der Waals surface area contributed by atoms with Crippen molar-refractivity contribution in [1.29, 1.82) is 0 Å². The zero-order valence-electron chi connectivity index (χ0n) is 41.0. The highest BCUT2D eigenvalue weighted by Crippen LogP contribution is 2.10. The first-order valence-electron chi connectivity index (χ1n) is 23.5. The smallest absolute Gasteiger partial charge is 0.408 e. The van der Waals surface area contributed by atoms with E-state index >= 15 is 0 Å². The molecule has 0 aliphatic heterocycles. The van der Waals surface area contributed by atoms with Gasteiger partial charge in [-0.05, 0) is 44.5 Å². The second kappa shape index (κ2) is 37.2. The molecule has 0 bridgehead atoms. The minimum atomic E-state index is -1.36. The molecule has 0 aliphatic carbocycles. The standard InChI is InChI=1S/C48H76N8O13/c1-36(2)44(46(61)53-37(3)47(62)68-34-38-12-8-6-9-13-38)55-45(60)40(54-48(63)69-35-39-14-10-7-11-15-39)16-17-43(59)56(24-20-51-41(57)18-26-64-30-32-66-28-22-49-4)25-21-52-42(58)19-27-65-31-33-67-29-23-50-5/h6-15,36-37,40,44,49-50H,16-35H2,1-5H3,(H,51,57)(H,52,58)(H,53,61)(H,54,63)(H,55,60)/t37-,40-,44-/m0/s1. The van der Waals surface area contributed by atoms with Crippen LogP contribution in [0.15, 0.2) is 60.7 Å². The molecule has 7 N–H and O–H groups in total. The van der Waals surface area contributed by atoms with Crippen LogP contribution in [-0.2, 0) is 70.4 Å². The van der Waals surface area contributed by atoms with Gasteiger partial charge in [0.15, 0.2) is 0 Å². The summed E-state index contributed by atoms with van der Waals surface area (Å²) < 4.78 is 32.6. The van der Waals surface area contributed by atoms with E-state index in [9.17, 15) is 33.6 Å². The number of rotatable bonds is 38. The van der Waals surface area contributed by atoms with E-state index in [1.54, 1.807) is 50.2 Å². The molecule has 6 amide bonds. The van der Waals surface area contributed by atoms with Crippen LogP contribution >= 0.6 is 0 Å². The molecule has 386 valence electrons. The molecule has 21 nitrogen and oxygen atoms in total. The molecule has 2 aromatic rings. The number of alkyl carbamates (subject to hydrolysis) is 1. The Balaban J connectivity index is 2.12. The first-order chi connectivity index (χ1) is 33.3. The average Bonchev–Trinajstić information content (AvgIpc) is 3.34. The molecule has 0 fully saturated rings. The van der Waals surface area contributed by atoms with Crippen molar-refractivity contribution < 1.29 is 62.0 Å². The quantitative estimate of drug-likeness (QED) is 0.0363. The van der Waals surface area contributed by atoms with Gasteiger partial charge in [0.2, 0.25) is 29.5 Å². The van der Waals surface area contributed by atoms with Gasteiger partial charge < -0.3 is 70.5 Å². The Labute approximate surface area is 406 Å². The third-order valence-corrected chi connectivity index (χ3v) is 10.1. The zero-order chi connectivity index (χ0) is 50.5. The van der Waals surface area contributed by atoms with Crippen molar-refractivity contribution in [3.63, 3.8) is 0 Å². The van der Waals surface area contributed by atoms with Crippen LogP contribution in [0.25, 0.3) is 0 Å². The number of carbonyl (C=O) groups excluding carboxylic acids is 7. The van der Waals surface area contributed by atoms with E-state index in [-0.39, 0.29) is 90.1 Å². The molecule has 0 aromatic heterocycles. The van der Waals surface area contributed by atoms with Crippen molar-refractivity contribution >= 4 is 41.6 Å². The second-order valence-corrected chi connectivity index (χ2v) is 16.1. The number of likely N-dealkylation sites (N-methyl/N-ethyl adjacent to an activating group) is 2. The predicted molar refractivity (Wildman–Crippen MR) is 256 cm³/mol. The maximum absolute atomic E-state index is 14.0. The van der Waals surface area contributed by atoms with Crippen molar-refractivity contribution in [3.05, 3.63) is 71.8 Å². The molecule has 3 atom stereocenters. The Morgan fingerprint density at radius 1 is 0.536 bits per heavy atom. The summed E-state index contributed by atoms with van der Waals surface area (Å²) in [7, 11) is 3.65. The number of nitrogens with one attached hydrogen (secondary N) is 7. The number of amides is 6. The van der Waals surface area contributed by atoms with E-state index in [0.29, 0.717) is 58.3 Å². The first-order valence-corrected chi connectivity index (χ1v) is 23.5. The lowest BCUT2D eigenvalue weighted by Gasteiger charge is -2.27. The van der Waals surface area contributed by atoms with Crippen LogP contribution in [0.2, 0.25) is 0 Å². The lowest BCUT2D eigenvalue weighted by molar-refractivity contribution is -0.149. The van der Waals surface area contributed by atoms with Gasteiger partial charge in [-0.25, -0.2) is 9.59 Å². The molecule has 2 aromatic carbocycles. The number of ether oxygens (including phenoxy) is 6. The van der Waals surface area contributed by atoms with Gasteiger partial charge in [-0.15, -0.1) is 0 Å². The molecule has 0 saturated heterocycles. The fraction of sp³-hybridized carbons (Fsp3) is 0.604. The van der Waals surface area contributed by atoms with Gasteiger partial charge >= 0.3 is 12.1 Å². The van der Waals surface area contributed by atoms with E-state index in [4.69, 9.17) is 28.4 Å². The monoisotopic (exact) mass is 973 g/mol. The molecule has 0 aliphatic rings. The summed E-state index contributed by atoms with van der Waals surface area (Å²) in [4.78, 5) is 94.0. The van der Waals surface area contributed by atoms with Crippen LogP contribution in [0.3, 0.4) is 0 Å². The molecule has 0 heterocycles. The molecule has 0 unspecified atom stereocenters. The van der Waals surface area contributed by atoms with Crippen LogP contribution in [-0.4, -0.2) is 171 Å². The Bertz CT molecular complexity index is 1740. The number of nitrogens with zero attached hydrogens (tertiary/aromatic N) is 1. The summed E-state index contributed by atoms with van der Waals surface area (Å²) >= 11 is 0. The lowest BCUT2D eigenvalue weighted by Crippen LogP contribution is -2.57. The normalized spacial score (nSPS) is 12.3. The Morgan fingerprint density at radius 3 is 1.49 bits per heavy atom. The topological polar surface area (TPSA) is 262 Å². The number of esters is 1. The van der Waals surface area contributed by atoms with Crippen molar-refractivity contribution in [2.45, 2.75) is 77.8 Å². The highest BCUT2D eigenvalue weighted by atomic mass is 16.6. The van der Waals surface area contributed by atoms with Crippen LogP contribution in [0.4, 0.5) is 4.79 Å². The molecule has 69 heavy (non-hydrogen) atoms. The minimum Gasteiger partial charge on any atom is -0.459 e. The fourth-order valence-electron chi connectivity index (χ4n) is 6.13. The first kappa shape index (κ1) is 59.4. The third kappa shape index (κ3) is 28.4. The molecular weight excluding hydrogens is 897 g/mol. The maximum Gasteiger partial charge on any atom is 0.408 e. The molecule has 21 heteroatoms. The van der Waals surface area contributed by atoms with Gasteiger partial charge in [0.1, 0.15) is 31.3 Å². The summed E-state index contributed by atoms with van der Waals surface area (Å²) in [6.45, 7) is 9.34. The lowest BCUT2D eigenvalue weighted by atomic mass is 10.0. The molecule has 2 rings (SSSR count). The average molecular weight is 973 g/mol. The highest BCUT2D eigenvalue weighted by molar-refractivity contribution is 5.93. The molecule has 0 radical (unpaired) electrons. The maximum atomic E-state index is 14.0. The van der Waals surface area contributed by atoms with Gasteiger partial charge in [-0.3, -0.25) is 24.0 Å². The number of hydrogen-bond acceptors (Lipinski definition) is 15. The van der Waals surface area contributed by atoms with Gasteiger partial charge in [0.25, 0.3) is 0 Å². The van der Waals surface area contributed by atoms with Gasteiger partial charge in [0, 0.05) is 58.5 Å². The van der Waals surface area contributed by atoms with E-state index in [1.165, 1.54) is 11.8 Å². The molecular formula is C48H76N8O13. The van der Waals surface area contributed by atoms with E-state index < -0.39 is 53.8 Å². The third-order valence-electron chi connectivity index (χ3n) is 10.1. The van der Waals surface area contributed by atoms with Crippen molar-refractivity contribution in [1.82, 2.24) is 42.1 Å². The second-order valence-electron chi connectivity index (χ2n) is 16.1. The Kier molecular flexibility index (Phi) is 32.0. The van der Waals surface area contributed by atoms with Gasteiger partial charge in [-0.1, -0.05) is 74.5 Å². The highest BCUT2D eigenvalue weighted by Gasteiger charge is 2.32. The summed E-state index contributed by atoms with van der Waals surface area (Å²) in [5.41, 5.74) is 1.46. The summed E-state index contributed by atoms with van der Waals surface area (Å²) in [6, 6.07) is 14.4. The van der Waals surface area contributed by atoms with E-state index in [1.807, 2.05) is 38.4 Å². The number of carbonyl (C=O) groups is 7. The summed E-state index contributed by atoms with van der Waals surface area (Å²) in [6.07, 6.45) is -1.26. The summed E-state index contributed by atoms with van der Waals surface area (Å²) in [5.74, 6) is -3.63. The fourth-order valence-corrected chi connectivity index (χ4v) is 6.13. The van der Waals surface area contributed by atoms with Crippen LogP contribution < -0.4 is 37.2 Å². The van der Waals surface area contributed by atoms with Crippen LogP contribution in [0.5, 0.6) is 0 Å². The number of hydrogen-bond donors (Lipinski definition) is 7. The van der Waals surface area contributed by atoms with Crippen molar-refractivity contribution in [3.8, 4) is 0 Å². The minimum absolute atomic E-state index is 0.00514. The SMILES string of the molecule is CNCCOCCOCCC(=O)NCCN(CCNC(=O)CCOCCOCCNC)C(=O)CC[C@H](NC(=O)OCc1ccccc1)C(=O)N[C@H](C(=O)N[C@@H](C)C(=O)OCc1ccccc1)C(C)C. The van der Waals surface area contributed by atoms with Crippen molar-refractivity contribution in [2.75, 3.05) is 106 Å². The molecule has 0 saturated carbocycles. The largest absolute Gasteiger partial charge is 0.459 e. The van der Waals surface area contributed by atoms with Gasteiger partial charge in [0.05, 0.1) is 52.9 Å².